The molecule has 1 unspecified atom stereocenters. The molecule has 0 aliphatic heterocycles. The Balaban J connectivity index is 0.00000112. The molecule has 0 saturated carbocycles. The molecule has 1 aromatic carbocycles. The van der Waals surface area contributed by atoms with Gasteiger partial charge in [-0.25, -0.2) is 0 Å². The second kappa shape index (κ2) is 4.86. The zero-order valence-corrected chi connectivity index (χ0v) is 10.0. The van der Waals surface area contributed by atoms with Crippen molar-refractivity contribution in [2.45, 2.75) is 31.7 Å². The van der Waals surface area contributed by atoms with Crippen LogP contribution in [0.1, 0.15) is 30.4 Å². The summed E-state index contributed by atoms with van der Waals surface area (Å²) in [5, 5.41) is 0. The highest BCUT2D eigenvalue weighted by atomic mass is 35.5. The van der Waals surface area contributed by atoms with E-state index in [9.17, 15) is 0 Å². The maximum absolute atomic E-state index is 6.06. The fraction of sp³-hybridized carbons (Fsp3) is 0.500. The predicted octanol–water partition coefficient (Wildman–Crippen LogP) is 2.49. The van der Waals surface area contributed by atoms with E-state index in [0.29, 0.717) is 5.92 Å². The second-order valence-corrected chi connectivity index (χ2v) is 4.02. The normalized spacial score (nSPS) is 23.9. The van der Waals surface area contributed by atoms with Crippen LogP contribution in [0.25, 0.3) is 0 Å². The third-order valence-corrected chi connectivity index (χ3v) is 3.22. The average Bonchev–Trinajstić information content (AvgIpc) is 2.23. The Labute approximate surface area is 97.2 Å². The van der Waals surface area contributed by atoms with Crippen LogP contribution in [0.4, 0.5) is 0 Å². The predicted molar refractivity (Wildman–Crippen MR) is 65.0 cm³/mol. The Morgan fingerprint density at radius 1 is 1.40 bits per heavy atom. The maximum Gasteiger partial charge on any atom is 0.122 e. The molecule has 84 valence electrons. The van der Waals surface area contributed by atoms with E-state index < -0.39 is 0 Å². The van der Waals surface area contributed by atoms with Gasteiger partial charge in [-0.15, -0.1) is 12.4 Å². The van der Waals surface area contributed by atoms with Gasteiger partial charge >= 0.3 is 0 Å². The summed E-state index contributed by atoms with van der Waals surface area (Å²) in [5.74, 6) is 1.40. The molecule has 15 heavy (non-hydrogen) atoms. The Bertz CT molecular complexity index is 326. The number of hydrogen-bond donors (Lipinski definition) is 1. The highest BCUT2D eigenvalue weighted by Gasteiger charge is 2.25. The van der Waals surface area contributed by atoms with E-state index in [1.54, 1.807) is 7.11 Å². The van der Waals surface area contributed by atoms with Gasteiger partial charge in [-0.05, 0) is 24.5 Å². The van der Waals surface area contributed by atoms with Crippen molar-refractivity contribution in [1.29, 1.82) is 0 Å². The van der Waals surface area contributed by atoms with Crippen LogP contribution in [-0.4, -0.2) is 13.2 Å². The summed E-state index contributed by atoms with van der Waals surface area (Å²) >= 11 is 0. The van der Waals surface area contributed by atoms with Crippen molar-refractivity contribution >= 4 is 12.4 Å². The minimum absolute atomic E-state index is 0. The first-order valence-corrected chi connectivity index (χ1v) is 5.15. The zero-order chi connectivity index (χ0) is 10.1. The van der Waals surface area contributed by atoms with Gasteiger partial charge in [-0.2, -0.15) is 0 Å². The van der Waals surface area contributed by atoms with E-state index >= 15 is 0 Å². The molecule has 1 aliphatic rings. The van der Waals surface area contributed by atoms with Crippen LogP contribution in [0, 0.1) is 0 Å². The minimum atomic E-state index is 0. The van der Waals surface area contributed by atoms with Gasteiger partial charge in [0.1, 0.15) is 5.75 Å². The van der Waals surface area contributed by atoms with Crippen LogP contribution in [0.5, 0.6) is 5.75 Å². The van der Waals surface area contributed by atoms with E-state index in [2.05, 4.69) is 19.1 Å². The highest BCUT2D eigenvalue weighted by Crippen LogP contribution is 2.36. The van der Waals surface area contributed by atoms with Gasteiger partial charge in [0.25, 0.3) is 0 Å². The van der Waals surface area contributed by atoms with Crippen LogP contribution in [0.3, 0.4) is 0 Å². The van der Waals surface area contributed by atoms with Crippen LogP contribution in [0.15, 0.2) is 18.2 Å². The number of rotatable bonds is 1. The summed E-state index contributed by atoms with van der Waals surface area (Å²) in [4.78, 5) is 0. The Morgan fingerprint density at radius 2 is 2.13 bits per heavy atom. The number of benzene rings is 1. The molecule has 1 aliphatic carbocycles. The molecule has 0 radical (unpaired) electrons. The number of hydrogen-bond acceptors (Lipinski definition) is 2. The van der Waals surface area contributed by atoms with E-state index in [-0.39, 0.29) is 18.4 Å². The third kappa shape index (κ3) is 2.11. The van der Waals surface area contributed by atoms with Gasteiger partial charge in [-0.1, -0.05) is 19.1 Å². The van der Waals surface area contributed by atoms with E-state index in [1.165, 1.54) is 11.1 Å². The fourth-order valence-corrected chi connectivity index (χ4v) is 2.29. The van der Waals surface area contributed by atoms with Crippen molar-refractivity contribution < 1.29 is 4.74 Å². The Morgan fingerprint density at radius 3 is 2.80 bits per heavy atom. The van der Waals surface area contributed by atoms with Crippen molar-refractivity contribution in [3.05, 3.63) is 29.3 Å². The third-order valence-electron chi connectivity index (χ3n) is 3.22. The summed E-state index contributed by atoms with van der Waals surface area (Å²) in [6.07, 6.45) is 2.17. The molecule has 0 heterocycles. The van der Waals surface area contributed by atoms with Gasteiger partial charge < -0.3 is 10.5 Å². The van der Waals surface area contributed by atoms with Crippen LogP contribution in [0.2, 0.25) is 0 Å². The summed E-state index contributed by atoms with van der Waals surface area (Å²) in [5.41, 5.74) is 8.78. The molecule has 2 N–H and O–H groups in total. The van der Waals surface area contributed by atoms with Gasteiger partial charge in [0.05, 0.1) is 7.11 Å². The standard InChI is InChI=1S/C12H17NO.ClH/c1-8-10(13)7-6-9-4-3-5-11(14-2)12(8)9;/h3-5,8,10H,6-7,13H2,1-2H3;1H/t8?,10-;/m0./s1. The van der Waals surface area contributed by atoms with Crippen molar-refractivity contribution in [2.24, 2.45) is 5.73 Å². The van der Waals surface area contributed by atoms with E-state index in [4.69, 9.17) is 10.5 Å². The number of methoxy groups -OCH3 is 1. The number of nitrogens with two attached hydrogens (primary N) is 1. The van der Waals surface area contributed by atoms with Gasteiger partial charge in [0.2, 0.25) is 0 Å². The quantitative estimate of drug-likeness (QED) is 0.800. The molecule has 0 bridgehead atoms. The van der Waals surface area contributed by atoms with E-state index in [0.717, 1.165) is 18.6 Å². The summed E-state index contributed by atoms with van der Waals surface area (Å²) in [7, 11) is 1.72. The zero-order valence-electron chi connectivity index (χ0n) is 9.19. The molecule has 0 amide bonds. The summed E-state index contributed by atoms with van der Waals surface area (Å²) < 4.78 is 5.38. The fourth-order valence-electron chi connectivity index (χ4n) is 2.29. The van der Waals surface area contributed by atoms with Gasteiger partial charge in [-0.3, -0.25) is 0 Å². The molecule has 0 spiro atoms. The highest BCUT2D eigenvalue weighted by molar-refractivity contribution is 5.85. The molecule has 1 aromatic rings. The largest absolute Gasteiger partial charge is 0.496 e. The molecule has 2 atom stereocenters. The van der Waals surface area contributed by atoms with Gasteiger partial charge in [0.15, 0.2) is 0 Å². The minimum Gasteiger partial charge on any atom is -0.496 e. The van der Waals surface area contributed by atoms with Crippen LogP contribution >= 0.6 is 12.4 Å². The first kappa shape index (κ1) is 12.3. The van der Waals surface area contributed by atoms with Crippen LogP contribution in [-0.2, 0) is 6.42 Å². The monoisotopic (exact) mass is 227 g/mol. The molecular weight excluding hydrogens is 210 g/mol. The van der Waals surface area contributed by atoms with Crippen LogP contribution < -0.4 is 10.5 Å². The smallest absolute Gasteiger partial charge is 0.122 e. The molecule has 2 nitrogen and oxygen atoms in total. The SMILES string of the molecule is COc1cccc2c1C(C)[C@@H](N)CC2.Cl. The lowest BCUT2D eigenvalue weighted by Gasteiger charge is -2.29. The number of fused-ring (bicyclic) bond motifs is 1. The lowest BCUT2D eigenvalue weighted by molar-refractivity contribution is 0.393. The second-order valence-electron chi connectivity index (χ2n) is 4.02. The molecule has 0 saturated heterocycles. The number of halogens is 1. The molecule has 2 rings (SSSR count). The van der Waals surface area contributed by atoms with Crippen molar-refractivity contribution in [2.75, 3.05) is 7.11 Å². The molecule has 0 aromatic heterocycles. The topological polar surface area (TPSA) is 35.2 Å². The lowest BCUT2D eigenvalue weighted by atomic mass is 9.80. The lowest BCUT2D eigenvalue weighted by Crippen LogP contribution is -2.31. The molecular formula is C12H18ClNO. The first-order chi connectivity index (χ1) is 6.74. The first-order valence-electron chi connectivity index (χ1n) is 5.15. The van der Waals surface area contributed by atoms with E-state index in [1.807, 2.05) is 6.07 Å². The Kier molecular flexibility index (Phi) is 4.00. The van der Waals surface area contributed by atoms with Gasteiger partial charge in [0, 0.05) is 17.5 Å². The molecule has 3 heteroatoms. The van der Waals surface area contributed by atoms with Crippen molar-refractivity contribution in [1.82, 2.24) is 0 Å². The number of aryl methyl sites for hydroxylation is 1. The van der Waals surface area contributed by atoms with Crippen molar-refractivity contribution in [3.8, 4) is 5.75 Å². The average molecular weight is 228 g/mol. The summed E-state index contributed by atoms with van der Waals surface area (Å²) in [6.45, 7) is 2.19. The molecule has 0 fully saturated rings. The van der Waals surface area contributed by atoms with Crippen molar-refractivity contribution in [3.63, 3.8) is 0 Å². The summed E-state index contributed by atoms with van der Waals surface area (Å²) in [6, 6.07) is 6.54. The Hall–Kier alpha value is -0.730. The number of ether oxygens (including phenoxy) is 1. The maximum atomic E-state index is 6.06.